The summed E-state index contributed by atoms with van der Waals surface area (Å²) in [6.07, 6.45) is 0. The molecule has 0 amide bonds. The molecule has 0 aromatic heterocycles. The summed E-state index contributed by atoms with van der Waals surface area (Å²) in [5.74, 6) is 0. The molecule has 0 atom stereocenters. The molecule has 0 aliphatic carbocycles. The molecule has 3 aromatic rings. The van der Waals surface area contributed by atoms with Gasteiger partial charge in [0.05, 0.1) is 5.69 Å². The van der Waals surface area contributed by atoms with E-state index >= 15 is 0 Å². The van der Waals surface area contributed by atoms with Gasteiger partial charge in [0.15, 0.2) is 0 Å². The van der Waals surface area contributed by atoms with Gasteiger partial charge in [-0.2, -0.15) is 0 Å². The molecule has 0 N–H and O–H groups in total. The fraction of sp³-hybridized carbons (Fsp3) is 0.333. The third-order valence-electron chi connectivity index (χ3n) is 5.95. The molecule has 176 valence electrons. The Morgan fingerprint density at radius 3 is 1.55 bits per heavy atom. The molecule has 0 saturated heterocycles. The Hall–Kier alpha value is -1.96. The third kappa shape index (κ3) is 5.25. The fourth-order valence-corrected chi connectivity index (χ4v) is 6.20. The van der Waals surface area contributed by atoms with Gasteiger partial charge in [0.1, 0.15) is 0 Å². The van der Waals surface area contributed by atoms with Crippen molar-refractivity contribution in [1.82, 2.24) is 0 Å². The van der Waals surface area contributed by atoms with Crippen LogP contribution in [-0.4, -0.2) is 30.1 Å². The van der Waals surface area contributed by atoms with E-state index in [9.17, 15) is 0 Å². The minimum Gasteiger partial charge on any atom is -0.373 e. The van der Waals surface area contributed by atoms with Crippen molar-refractivity contribution in [3.8, 4) is 0 Å². The average Bonchev–Trinajstić information content (AvgIpc) is 2.78. The quantitative estimate of drug-likeness (QED) is 0.312. The number of hydrogen-bond donors (Lipinski definition) is 0. The number of nitrogens with zero attached hydrogens (tertiary/aromatic N) is 1. The zero-order chi connectivity index (χ0) is 24.4. The molecule has 33 heavy (non-hydrogen) atoms. The highest BCUT2D eigenvalue weighted by atomic mass is 79.9. The SMILES string of the molecule is CO[Si](OC)(OC)c1ccc(N(c2ccc(Br)cc2)c2c(C)cc(C(C)(C)C)cc2C)cc1. The smallest absolute Gasteiger partial charge is 0.373 e. The minimum absolute atomic E-state index is 0.0898. The summed E-state index contributed by atoms with van der Waals surface area (Å²) < 4.78 is 18.0. The first-order valence-electron chi connectivity index (χ1n) is 11.0. The summed E-state index contributed by atoms with van der Waals surface area (Å²) in [6.45, 7) is 11.1. The third-order valence-corrected chi connectivity index (χ3v) is 9.13. The standard InChI is InChI=1S/C27H34BrNO3Si/c1-19-17-21(27(3,4)5)18-20(2)26(19)29(23-11-9-22(28)10-12-23)24-13-15-25(16-14-24)33(30-6,31-7)32-8/h9-18H,1-8H3. The van der Waals surface area contributed by atoms with E-state index in [0.29, 0.717) is 0 Å². The highest BCUT2D eigenvalue weighted by molar-refractivity contribution is 9.10. The summed E-state index contributed by atoms with van der Waals surface area (Å²) in [4.78, 5) is 2.31. The van der Waals surface area contributed by atoms with Crippen LogP contribution < -0.4 is 10.1 Å². The van der Waals surface area contributed by atoms with Crippen molar-refractivity contribution < 1.29 is 13.3 Å². The van der Waals surface area contributed by atoms with Gasteiger partial charge in [0.2, 0.25) is 0 Å². The van der Waals surface area contributed by atoms with Gasteiger partial charge < -0.3 is 18.2 Å². The van der Waals surface area contributed by atoms with Gasteiger partial charge in [-0.3, -0.25) is 0 Å². The lowest BCUT2D eigenvalue weighted by Crippen LogP contribution is -2.54. The summed E-state index contributed by atoms with van der Waals surface area (Å²) >= 11 is 3.57. The van der Waals surface area contributed by atoms with Crippen LogP contribution in [0.2, 0.25) is 0 Å². The molecule has 0 bridgehead atoms. The number of halogens is 1. The minimum atomic E-state index is -2.89. The Bertz CT molecular complexity index is 1060. The topological polar surface area (TPSA) is 30.9 Å². The van der Waals surface area contributed by atoms with Crippen molar-refractivity contribution in [3.05, 3.63) is 81.8 Å². The molecule has 0 heterocycles. The molecule has 3 aromatic carbocycles. The summed E-state index contributed by atoms with van der Waals surface area (Å²) in [6, 6.07) is 21.3. The monoisotopic (exact) mass is 527 g/mol. The first kappa shape index (κ1) is 25.7. The van der Waals surface area contributed by atoms with Gasteiger partial charge in [-0.15, -0.1) is 0 Å². The lowest BCUT2D eigenvalue weighted by molar-refractivity contribution is 0.140. The van der Waals surface area contributed by atoms with Crippen LogP contribution >= 0.6 is 15.9 Å². The predicted molar refractivity (Wildman–Crippen MR) is 143 cm³/mol. The molecule has 0 aliphatic rings. The number of aryl methyl sites for hydroxylation is 2. The molecule has 0 aliphatic heterocycles. The summed E-state index contributed by atoms with van der Waals surface area (Å²) in [5, 5.41) is 0.922. The number of hydrogen-bond acceptors (Lipinski definition) is 4. The maximum absolute atomic E-state index is 5.66. The highest BCUT2D eigenvalue weighted by Gasteiger charge is 2.40. The van der Waals surface area contributed by atoms with Gasteiger partial charge in [0.25, 0.3) is 0 Å². The second-order valence-electron chi connectivity index (χ2n) is 9.24. The second kappa shape index (κ2) is 10.1. The lowest BCUT2D eigenvalue weighted by Gasteiger charge is -2.31. The van der Waals surface area contributed by atoms with E-state index in [1.807, 2.05) is 12.1 Å². The van der Waals surface area contributed by atoms with Crippen molar-refractivity contribution in [2.24, 2.45) is 0 Å². The summed E-state index contributed by atoms with van der Waals surface area (Å²) in [5.41, 5.74) is 7.24. The first-order chi connectivity index (χ1) is 15.6. The van der Waals surface area contributed by atoms with Crippen LogP contribution in [0.15, 0.2) is 65.1 Å². The van der Waals surface area contributed by atoms with E-state index in [0.717, 1.165) is 21.0 Å². The first-order valence-corrected chi connectivity index (χ1v) is 13.5. The predicted octanol–water partition coefficient (Wildman–Crippen LogP) is 6.92. The molecular formula is C27H34BrNO3Si. The zero-order valence-electron chi connectivity index (χ0n) is 20.8. The molecule has 0 unspecified atom stereocenters. The Balaban J connectivity index is 2.18. The number of anilines is 3. The molecule has 0 radical (unpaired) electrons. The molecule has 6 heteroatoms. The van der Waals surface area contributed by atoms with E-state index in [-0.39, 0.29) is 5.41 Å². The van der Waals surface area contributed by atoms with Crippen molar-refractivity contribution in [2.45, 2.75) is 40.0 Å². The molecule has 3 rings (SSSR count). The number of benzene rings is 3. The average molecular weight is 529 g/mol. The maximum Gasteiger partial charge on any atom is 0.536 e. The molecule has 4 nitrogen and oxygen atoms in total. The van der Waals surface area contributed by atoms with E-state index in [1.165, 1.54) is 22.4 Å². The Morgan fingerprint density at radius 2 is 1.15 bits per heavy atom. The van der Waals surface area contributed by atoms with Crippen LogP contribution in [0.5, 0.6) is 0 Å². The van der Waals surface area contributed by atoms with E-state index in [2.05, 4.69) is 104 Å². The van der Waals surface area contributed by atoms with Gasteiger partial charge >= 0.3 is 8.80 Å². The largest absolute Gasteiger partial charge is 0.536 e. The highest BCUT2D eigenvalue weighted by Crippen LogP contribution is 2.40. The second-order valence-corrected chi connectivity index (χ2v) is 13.1. The van der Waals surface area contributed by atoms with E-state index < -0.39 is 8.80 Å². The van der Waals surface area contributed by atoms with Crippen LogP contribution in [-0.2, 0) is 18.7 Å². The van der Waals surface area contributed by atoms with Crippen molar-refractivity contribution in [1.29, 1.82) is 0 Å². The van der Waals surface area contributed by atoms with Gasteiger partial charge in [-0.05, 0) is 72.4 Å². The number of rotatable bonds is 7. The van der Waals surface area contributed by atoms with Gasteiger partial charge in [-0.1, -0.05) is 61.0 Å². The maximum atomic E-state index is 5.66. The Kier molecular flexibility index (Phi) is 7.86. The van der Waals surface area contributed by atoms with Crippen LogP contribution in [0.1, 0.15) is 37.5 Å². The van der Waals surface area contributed by atoms with Crippen LogP contribution in [0.4, 0.5) is 17.1 Å². The van der Waals surface area contributed by atoms with Crippen molar-refractivity contribution in [2.75, 3.05) is 26.2 Å². The lowest BCUT2D eigenvalue weighted by atomic mass is 9.84. The normalized spacial score (nSPS) is 12.2. The molecule has 0 saturated carbocycles. The van der Waals surface area contributed by atoms with Crippen molar-refractivity contribution >= 4 is 47.0 Å². The fourth-order valence-electron chi connectivity index (χ4n) is 4.16. The zero-order valence-corrected chi connectivity index (χ0v) is 23.4. The van der Waals surface area contributed by atoms with Gasteiger partial charge in [0, 0.05) is 42.4 Å². The van der Waals surface area contributed by atoms with Crippen LogP contribution in [0.25, 0.3) is 0 Å². The van der Waals surface area contributed by atoms with E-state index in [4.69, 9.17) is 13.3 Å². The van der Waals surface area contributed by atoms with Crippen LogP contribution in [0.3, 0.4) is 0 Å². The van der Waals surface area contributed by atoms with Crippen LogP contribution in [0, 0.1) is 13.8 Å². The molecular weight excluding hydrogens is 494 g/mol. The summed E-state index contributed by atoms with van der Waals surface area (Å²) in [7, 11) is 2.00. The molecule has 0 spiro atoms. The molecule has 0 fully saturated rings. The Labute approximate surface area is 208 Å². The Morgan fingerprint density at radius 1 is 0.727 bits per heavy atom. The van der Waals surface area contributed by atoms with Gasteiger partial charge in [-0.25, -0.2) is 0 Å². The van der Waals surface area contributed by atoms with Crippen molar-refractivity contribution in [3.63, 3.8) is 0 Å². The van der Waals surface area contributed by atoms with E-state index in [1.54, 1.807) is 21.3 Å².